The van der Waals surface area contributed by atoms with Crippen LogP contribution in [0, 0.1) is 34.8 Å². The molecule has 1 saturated heterocycles. The Morgan fingerprint density at radius 2 is 1.52 bits per heavy atom. The van der Waals surface area contributed by atoms with E-state index in [0.29, 0.717) is 17.8 Å². The molecule has 9 nitrogen and oxygen atoms in total. The number of anilines is 1. The minimum atomic E-state index is -0.757. The first-order valence-electron chi connectivity index (χ1n) is 16.0. The smallest absolute Gasteiger partial charge is 0.335 e. The Morgan fingerprint density at radius 3 is 2.15 bits per heavy atom. The lowest BCUT2D eigenvalue weighted by Gasteiger charge is -2.57. The normalized spacial score (nSPS) is 26.3. The Labute approximate surface area is 266 Å². The van der Waals surface area contributed by atoms with Crippen LogP contribution in [0.4, 0.5) is 16.2 Å². The Morgan fingerprint density at radius 1 is 0.891 bits per heavy atom. The average Bonchev–Trinajstić information content (AvgIpc) is 3.29. The molecule has 0 radical (unpaired) electrons. The van der Waals surface area contributed by atoms with Crippen molar-refractivity contribution in [1.29, 1.82) is 0 Å². The van der Waals surface area contributed by atoms with Gasteiger partial charge in [0.25, 0.3) is 17.5 Å². The molecule has 1 aromatic heterocycles. The predicted molar refractivity (Wildman–Crippen MR) is 174 cm³/mol. The van der Waals surface area contributed by atoms with Crippen LogP contribution in [-0.4, -0.2) is 27.3 Å². The molecule has 4 saturated carbocycles. The second-order valence-electron chi connectivity index (χ2n) is 13.7. The number of nitro benzene ring substituents is 1. The molecule has 2 heterocycles. The standard InChI is InChI=1S/C37H34N4O5/c1-22-31(30-4-2-3-5-33(30)39(22)21-23-6-10-29(11-7-23)41(45)46)17-32-34(42)38-36(44)40(35(32)43)28-12-8-27(9-13-28)37-18-24-14-25(19-37)16-26(15-24)20-37/h2-13,17,24-26H,14-16,18-21H2,1H3,(H,38,42,44)/b32-17+. The van der Waals surface area contributed by atoms with Crippen molar-refractivity contribution in [3.05, 3.63) is 111 Å². The maximum atomic E-state index is 13.9. The Bertz CT molecular complexity index is 1940. The van der Waals surface area contributed by atoms with Crippen molar-refractivity contribution in [2.24, 2.45) is 17.8 Å². The molecule has 0 unspecified atom stereocenters. The van der Waals surface area contributed by atoms with E-state index in [1.165, 1.54) is 56.2 Å². The van der Waals surface area contributed by atoms with E-state index in [9.17, 15) is 24.5 Å². The van der Waals surface area contributed by atoms with Gasteiger partial charge in [-0.1, -0.05) is 42.5 Å². The summed E-state index contributed by atoms with van der Waals surface area (Å²) in [4.78, 5) is 51.9. The highest BCUT2D eigenvalue weighted by atomic mass is 16.6. The molecule has 1 aliphatic heterocycles. The molecule has 4 bridgehead atoms. The minimum absolute atomic E-state index is 0.0200. The molecule has 3 aromatic carbocycles. The van der Waals surface area contributed by atoms with Gasteiger partial charge in [-0.25, -0.2) is 9.69 Å². The molecule has 1 N–H and O–H groups in total. The lowest BCUT2D eigenvalue weighted by atomic mass is 9.48. The largest absolute Gasteiger partial charge is 0.340 e. The number of barbiturate groups is 1. The molecular weight excluding hydrogens is 580 g/mol. The van der Waals surface area contributed by atoms with Crippen molar-refractivity contribution in [2.45, 2.75) is 57.4 Å². The minimum Gasteiger partial charge on any atom is -0.340 e. The number of urea groups is 1. The summed E-state index contributed by atoms with van der Waals surface area (Å²) in [6, 6.07) is 21.2. The number of benzene rings is 3. The van der Waals surface area contributed by atoms with Gasteiger partial charge in [0.15, 0.2) is 0 Å². The number of para-hydroxylation sites is 1. The van der Waals surface area contributed by atoms with Crippen LogP contribution in [0.15, 0.2) is 78.4 Å². The van der Waals surface area contributed by atoms with Gasteiger partial charge in [0.2, 0.25) is 0 Å². The highest BCUT2D eigenvalue weighted by Crippen LogP contribution is 2.60. The van der Waals surface area contributed by atoms with E-state index in [2.05, 4.69) is 22.0 Å². The molecule has 46 heavy (non-hydrogen) atoms. The van der Waals surface area contributed by atoms with Crippen molar-refractivity contribution in [1.82, 2.24) is 9.88 Å². The number of fused-ring (bicyclic) bond motifs is 1. The first-order valence-corrected chi connectivity index (χ1v) is 16.0. The number of carbonyl (C=O) groups is 3. The summed E-state index contributed by atoms with van der Waals surface area (Å²) in [5.41, 5.74) is 5.10. The summed E-state index contributed by atoms with van der Waals surface area (Å²) >= 11 is 0. The topological polar surface area (TPSA) is 115 Å². The number of nitrogens with one attached hydrogen (secondary N) is 1. The first kappa shape index (κ1) is 28.4. The summed E-state index contributed by atoms with van der Waals surface area (Å²) < 4.78 is 2.06. The predicted octanol–water partition coefficient (Wildman–Crippen LogP) is 7.04. The number of imide groups is 2. The number of rotatable bonds is 6. The molecule has 9 heteroatoms. The monoisotopic (exact) mass is 614 g/mol. The lowest BCUT2D eigenvalue weighted by molar-refractivity contribution is -0.384. The van der Waals surface area contributed by atoms with Gasteiger partial charge in [0.1, 0.15) is 5.57 Å². The highest BCUT2D eigenvalue weighted by molar-refractivity contribution is 6.39. The second-order valence-corrected chi connectivity index (χ2v) is 13.7. The number of hydrogen-bond acceptors (Lipinski definition) is 5. The number of aromatic nitrogens is 1. The van der Waals surface area contributed by atoms with E-state index in [4.69, 9.17) is 0 Å². The van der Waals surface area contributed by atoms with Crippen LogP contribution in [-0.2, 0) is 21.5 Å². The van der Waals surface area contributed by atoms with Crippen molar-refractivity contribution in [3.63, 3.8) is 0 Å². The average molecular weight is 615 g/mol. The van der Waals surface area contributed by atoms with Gasteiger partial charge in [-0.15, -0.1) is 0 Å². The zero-order valence-electron chi connectivity index (χ0n) is 25.6. The van der Waals surface area contributed by atoms with E-state index < -0.39 is 22.8 Å². The Kier molecular flexibility index (Phi) is 6.49. The zero-order valence-corrected chi connectivity index (χ0v) is 25.6. The number of carbonyl (C=O) groups excluding carboxylic acids is 3. The first-order chi connectivity index (χ1) is 22.2. The lowest BCUT2D eigenvalue weighted by Crippen LogP contribution is -2.54. The number of nitro groups is 1. The fraction of sp³-hybridized carbons (Fsp3) is 0.324. The van der Waals surface area contributed by atoms with Gasteiger partial charge >= 0.3 is 6.03 Å². The van der Waals surface area contributed by atoms with E-state index in [1.807, 2.05) is 43.3 Å². The summed E-state index contributed by atoms with van der Waals surface area (Å²) in [6.07, 6.45) is 9.32. The van der Waals surface area contributed by atoms with Crippen LogP contribution in [0.3, 0.4) is 0 Å². The second kappa shape index (κ2) is 10.5. The van der Waals surface area contributed by atoms with Crippen molar-refractivity contribution >= 4 is 46.2 Å². The third kappa shape index (κ3) is 4.56. The maximum absolute atomic E-state index is 13.9. The van der Waals surface area contributed by atoms with Gasteiger partial charge in [0.05, 0.1) is 10.6 Å². The maximum Gasteiger partial charge on any atom is 0.335 e. The van der Waals surface area contributed by atoms with Crippen LogP contribution in [0.25, 0.3) is 17.0 Å². The number of nitrogens with zero attached hydrogens (tertiary/aromatic N) is 3. The summed E-state index contributed by atoms with van der Waals surface area (Å²) in [7, 11) is 0. The third-order valence-corrected chi connectivity index (χ3v) is 10.9. The quantitative estimate of drug-likeness (QED) is 0.108. The molecule has 5 fully saturated rings. The molecule has 4 aliphatic carbocycles. The third-order valence-electron chi connectivity index (χ3n) is 10.9. The SMILES string of the molecule is Cc1c(/C=C2\C(=O)NC(=O)N(c3ccc(C45CC6CC(CC(C6)C4)C5)cc3)C2=O)c2ccccc2n1Cc1ccc([N+](=O)[O-])cc1. The van der Waals surface area contributed by atoms with Crippen molar-refractivity contribution in [3.8, 4) is 0 Å². The number of amides is 4. The van der Waals surface area contributed by atoms with E-state index in [0.717, 1.165) is 44.8 Å². The molecule has 232 valence electrons. The van der Waals surface area contributed by atoms with Gasteiger partial charge in [-0.3, -0.25) is 25.0 Å². The zero-order chi connectivity index (χ0) is 31.7. The molecule has 9 rings (SSSR count). The van der Waals surface area contributed by atoms with E-state index in [-0.39, 0.29) is 16.7 Å². The van der Waals surface area contributed by atoms with E-state index >= 15 is 0 Å². The van der Waals surface area contributed by atoms with Gasteiger partial charge in [-0.05, 0) is 104 Å². The molecule has 0 atom stereocenters. The molecule has 5 aliphatic rings. The van der Waals surface area contributed by atoms with Crippen LogP contribution < -0.4 is 10.2 Å². The van der Waals surface area contributed by atoms with Crippen LogP contribution >= 0.6 is 0 Å². The van der Waals surface area contributed by atoms with Gasteiger partial charge in [0, 0.05) is 40.8 Å². The Balaban J connectivity index is 1.11. The fourth-order valence-corrected chi connectivity index (χ4v) is 9.21. The van der Waals surface area contributed by atoms with Crippen molar-refractivity contribution < 1.29 is 19.3 Å². The van der Waals surface area contributed by atoms with Gasteiger partial charge in [-0.2, -0.15) is 0 Å². The van der Waals surface area contributed by atoms with Gasteiger partial charge < -0.3 is 4.57 Å². The van der Waals surface area contributed by atoms with E-state index in [1.54, 1.807) is 18.2 Å². The number of non-ortho nitro benzene ring substituents is 1. The molecular formula is C37H34N4O5. The fourth-order valence-electron chi connectivity index (χ4n) is 9.21. The van der Waals surface area contributed by atoms with Crippen molar-refractivity contribution in [2.75, 3.05) is 4.90 Å². The summed E-state index contributed by atoms with van der Waals surface area (Å²) in [5, 5.41) is 14.3. The molecule has 4 aromatic rings. The molecule has 0 spiro atoms. The highest BCUT2D eigenvalue weighted by Gasteiger charge is 2.51. The van der Waals surface area contributed by atoms with Crippen LogP contribution in [0.2, 0.25) is 0 Å². The van der Waals surface area contributed by atoms with Crippen LogP contribution in [0.5, 0.6) is 0 Å². The number of hydrogen-bond donors (Lipinski definition) is 1. The van der Waals surface area contributed by atoms with Crippen LogP contribution in [0.1, 0.15) is 60.9 Å². The summed E-state index contributed by atoms with van der Waals surface area (Å²) in [5.74, 6) is 1.03. The molecule has 4 amide bonds. The summed E-state index contributed by atoms with van der Waals surface area (Å²) in [6.45, 7) is 2.35. The Hall–Kier alpha value is -5.05.